The first-order valence-electron chi connectivity index (χ1n) is 9.02. The topological polar surface area (TPSA) is 68.5 Å². The summed E-state index contributed by atoms with van der Waals surface area (Å²) in [5, 5.41) is 8.53. The van der Waals surface area contributed by atoms with Crippen LogP contribution in [0, 0.1) is 11.8 Å². The minimum absolute atomic E-state index is 0.134. The van der Waals surface area contributed by atoms with Crippen molar-refractivity contribution in [2.75, 3.05) is 25.4 Å². The number of amides is 1. The third kappa shape index (κ3) is 4.78. The Hall–Kier alpha value is -2.02. The number of ether oxygens (including phenoxy) is 1. The number of hydrogen-bond donors (Lipinski definition) is 0. The van der Waals surface area contributed by atoms with Gasteiger partial charge in [0.2, 0.25) is 11.8 Å². The maximum atomic E-state index is 12.4. The van der Waals surface area contributed by atoms with E-state index in [0.717, 1.165) is 24.4 Å². The van der Waals surface area contributed by atoms with E-state index in [1.807, 2.05) is 36.1 Å². The number of piperidine rings is 1. The van der Waals surface area contributed by atoms with Crippen LogP contribution in [0.2, 0.25) is 0 Å². The average Bonchev–Trinajstić information content (AvgIpc) is 3.09. The van der Waals surface area contributed by atoms with E-state index in [-0.39, 0.29) is 5.91 Å². The molecule has 1 aromatic carbocycles. The second-order valence-corrected chi connectivity index (χ2v) is 7.79. The molecule has 2 atom stereocenters. The number of thioether (sulfide) groups is 1. The van der Waals surface area contributed by atoms with E-state index in [0.29, 0.717) is 35.3 Å². The van der Waals surface area contributed by atoms with E-state index in [4.69, 9.17) is 9.15 Å². The molecule has 140 valence electrons. The van der Waals surface area contributed by atoms with Crippen molar-refractivity contribution in [2.45, 2.75) is 32.4 Å². The molecule has 1 fully saturated rings. The van der Waals surface area contributed by atoms with Gasteiger partial charge in [0.1, 0.15) is 5.75 Å². The molecule has 3 rings (SSSR count). The number of benzene rings is 1. The van der Waals surface area contributed by atoms with Gasteiger partial charge in [0, 0.05) is 18.7 Å². The molecule has 7 heteroatoms. The Morgan fingerprint density at radius 1 is 1.23 bits per heavy atom. The molecule has 1 aromatic heterocycles. The number of hydrogen-bond acceptors (Lipinski definition) is 6. The second-order valence-electron chi connectivity index (χ2n) is 6.86. The molecule has 1 aliphatic heterocycles. The summed E-state index contributed by atoms with van der Waals surface area (Å²) in [7, 11) is 0. The predicted molar refractivity (Wildman–Crippen MR) is 101 cm³/mol. The highest BCUT2D eigenvalue weighted by atomic mass is 32.2. The molecule has 6 nitrogen and oxygen atoms in total. The van der Waals surface area contributed by atoms with Gasteiger partial charge in [0.25, 0.3) is 5.22 Å². The van der Waals surface area contributed by atoms with Crippen molar-refractivity contribution in [3.05, 3.63) is 24.3 Å². The first-order valence-corrected chi connectivity index (χ1v) is 10.0. The fourth-order valence-corrected chi connectivity index (χ4v) is 3.99. The van der Waals surface area contributed by atoms with Crippen molar-refractivity contribution in [3.63, 3.8) is 0 Å². The van der Waals surface area contributed by atoms with Crippen LogP contribution in [0.25, 0.3) is 11.5 Å². The van der Waals surface area contributed by atoms with Gasteiger partial charge in [-0.1, -0.05) is 25.6 Å². The van der Waals surface area contributed by atoms with Crippen LogP contribution in [0.4, 0.5) is 0 Å². The van der Waals surface area contributed by atoms with Crippen LogP contribution >= 0.6 is 11.8 Å². The summed E-state index contributed by atoms with van der Waals surface area (Å²) in [6, 6.07) is 7.51. The van der Waals surface area contributed by atoms with Crippen molar-refractivity contribution in [1.82, 2.24) is 15.1 Å². The van der Waals surface area contributed by atoms with Crippen molar-refractivity contribution >= 4 is 17.7 Å². The number of aromatic nitrogens is 2. The predicted octanol–water partition coefficient (Wildman–Crippen LogP) is 3.73. The molecule has 1 saturated heterocycles. The Morgan fingerprint density at radius 3 is 2.58 bits per heavy atom. The Balaban J connectivity index is 1.55. The van der Waals surface area contributed by atoms with Crippen molar-refractivity contribution in [2.24, 2.45) is 11.8 Å². The van der Waals surface area contributed by atoms with Gasteiger partial charge in [-0.15, -0.1) is 10.2 Å². The largest absolute Gasteiger partial charge is 0.494 e. The molecule has 0 spiro atoms. The van der Waals surface area contributed by atoms with Crippen molar-refractivity contribution < 1.29 is 13.9 Å². The van der Waals surface area contributed by atoms with Gasteiger partial charge in [-0.25, -0.2) is 0 Å². The average molecular weight is 375 g/mol. The molecular weight excluding hydrogens is 350 g/mol. The van der Waals surface area contributed by atoms with E-state index in [2.05, 4.69) is 24.0 Å². The molecule has 0 bridgehead atoms. The highest BCUT2D eigenvalue weighted by Gasteiger charge is 2.25. The number of carbonyl (C=O) groups is 1. The first-order chi connectivity index (χ1) is 12.5. The summed E-state index contributed by atoms with van der Waals surface area (Å²) >= 11 is 1.30. The fourth-order valence-electron chi connectivity index (χ4n) is 3.33. The second kappa shape index (κ2) is 8.58. The van der Waals surface area contributed by atoms with Crippen LogP contribution in [0.5, 0.6) is 5.75 Å². The summed E-state index contributed by atoms with van der Waals surface area (Å²) < 4.78 is 11.1. The van der Waals surface area contributed by atoms with Crippen LogP contribution in [0.15, 0.2) is 33.9 Å². The third-order valence-corrected chi connectivity index (χ3v) is 5.16. The van der Waals surface area contributed by atoms with Gasteiger partial charge in [0.15, 0.2) is 0 Å². The van der Waals surface area contributed by atoms with Gasteiger partial charge in [-0.3, -0.25) is 4.79 Å². The Bertz CT molecular complexity index is 722. The minimum atomic E-state index is 0.134. The lowest BCUT2D eigenvalue weighted by Crippen LogP contribution is -2.43. The molecule has 0 saturated carbocycles. The molecule has 1 amide bonds. The zero-order chi connectivity index (χ0) is 18.5. The van der Waals surface area contributed by atoms with Crippen LogP contribution in [0.3, 0.4) is 0 Å². The number of nitrogens with zero attached hydrogens (tertiary/aromatic N) is 3. The molecule has 1 aliphatic rings. The molecule has 0 aliphatic carbocycles. The lowest BCUT2D eigenvalue weighted by Gasteiger charge is -2.34. The standard InChI is InChI=1S/C19H25N3O3S/c1-4-24-16-7-5-15(6-8-16)18-20-21-19(25-18)26-12-17(23)22-10-13(2)9-14(3)11-22/h5-8,13-14H,4,9-12H2,1-3H3/t13-,14+. The normalized spacial score (nSPS) is 20.2. The lowest BCUT2D eigenvalue weighted by atomic mass is 9.92. The monoisotopic (exact) mass is 375 g/mol. The number of carbonyl (C=O) groups excluding carboxylic acids is 1. The van der Waals surface area contributed by atoms with Gasteiger partial charge in [0.05, 0.1) is 12.4 Å². The first kappa shape index (κ1) is 18.8. The summed E-state index contributed by atoms with van der Waals surface area (Å²) in [5.41, 5.74) is 0.831. The highest BCUT2D eigenvalue weighted by Crippen LogP contribution is 2.26. The van der Waals surface area contributed by atoms with Gasteiger partial charge >= 0.3 is 0 Å². The molecular formula is C19H25N3O3S. The Kier molecular flexibility index (Phi) is 6.19. The number of rotatable bonds is 6. The van der Waals surface area contributed by atoms with Gasteiger partial charge in [-0.05, 0) is 49.4 Å². The minimum Gasteiger partial charge on any atom is -0.494 e. The van der Waals surface area contributed by atoms with Crippen molar-refractivity contribution in [1.29, 1.82) is 0 Å². The van der Waals surface area contributed by atoms with Crippen LogP contribution in [0.1, 0.15) is 27.2 Å². The quantitative estimate of drug-likeness (QED) is 0.717. The van der Waals surface area contributed by atoms with Gasteiger partial charge < -0.3 is 14.1 Å². The summed E-state index contributed by atoms with van der Waals surface area (Å²) in [6.45, 7) is 8.65. The summed E-state index contributed by atoms with van der Waals surface area (Å²) in [5.74, 6) is 2.83. The zero-order valence-electron chi connectivity index (χ0n) is 15.5. The maximum absolute atomic E-state index is 12.4. The summed E-state index contributed by atoms with van der Waals surface area (Å²) in [6.07, 6.45) is 1.19. The Labute approximate surface area is 158 Å². The third-order valence-electron chi connectivity index (χ3n) is 4.36. The van der Waals surface area contributed by atoms with E-state index >= 15 is 0 Å². The maximum Gasteiger partial charge on any atom is 0.277 e. The van der Waals surface area contributed by atoms with E-state index in [1.54, 1.807) is 0 Å². The molecule has 0 radical (unpaired) electrons. The highest BCUT2D eigenvalue weighted by molar-refractivity contribution is 7.99. The Morgan fingerprint density at radius 2 is 1.92 bits per heavy atom. The van der Waals surface area contributed by atoms with E-state index in [9.17, 15) is 4.79 Å². The zero-order valence-corrected chi connectivity index (χ0v) is 16.3. The van der Waals surface area contributed by atoms with Crippen LogP contribution < -0.4 is 4.74 Å². The lowest BCUT2D eigenvalue weighted by molar-refractivity contribution is -0.130. The van der Waals surface area contributed by atoms with Crippen LogP contribution in [-0.4, -0.2) is 46.5 Å². The molecule has 26 heavy (non-hydrogen) atoms. The molecule has 0 unspecified atom stereocenters. The van der Waals surface area contributed by atoms with Gasteiger partial charge in [-0.2, -0.15) is 0 Å². The molecule has 2 heterocycles. The molecule has 0 N–H and O–H groups in total. The number of likely N-dealkylation sites (tertiary alicyclic amines) is 1. The van der Waals surface area contributed by atoms with Crippen molar-refractivity contribution in [3.8, 4) is 17.2 Å². The van der Waals surface area contributed by atoms with E-state index in [1.165, 1.54) is 18.2 Å². The van der Waals surface area contributed by atoms with E-state index < -0.39 is 0 Å². The SMILES string of the molecule is CCOc1ccc(-c2nnc(SCC(=O)N3C[C@H](C)C[C@H](C)C3)o2)cc1. The molecule has 2 aromatic rings. The smallest absolute Gasteiger partial charge is 0.277 e. The fraction of sp³-hybridized carbons (Fsp3) is 0.526. The van der Waals surface area contributed by atoms with Crippen LogP contribution in [-0.2, 0) is 4.79 Å². The summed E-state index contributed by atoms with van der Waals surface area (Å²) in [4.78, 5) is 14.4.